The molecule has 0 amide bonds. The molecular weight excluding hydrogens is 366 g/mol. The quantitative estimate of drug-likeness (QED) is 0.651. The molecule has 1 atom stereocenters. The Balaban J connectivity index is 1.77. The van der Waals surface area contributed by atoms with Crippen molar-refractivity contribution in [3.05, 3.63) is 63.2 Å². The van der Waals surface area contributed by atoms with E-state index >= 15 is 0 Å². The largest absolute Gasteiger partial charge is 0.493 e. The summed E-state index contributed by atoms with van der Waals surface area (Å²) in [5.74, 6) is 2.08. The molecule has 7 heteroatoms. The Hall–Kier alpha value is -2.57. The minimum absolute atomic E-state index is 0.151. The van der Waals surface area contributed by atoms with Gasteiger partial charge in [-0.15, -0.1) is 0 Å². The van der Waals surface area contributed by atoms with E-state index in [-0.39, 0.29) is 5.56 Å². The Labute approximate surface area is 162 Å². The molecule has 3 aromatic rings. The minimum Gasteiger partial charge on any atom is -0.493 e. The molecule has 0 aliphatic rings. The Bertz CT molecular complexity index is 1000. The van der Waals surface area contributed by atoms with Gasteiger partial charge < -0.3 is 19.4 Å². The van der Waals surface area contributed by atoms with Crippen LogP contribution in [-0.4, -0.2) is 30.7 Å². The van der Waals surface area contributed by atoms with Crippen LogP contribution >= 0.6 is 11.6 Å². The lowest BCUT2D eigenvalue weighted by Crippen LogP contribution is -3.06. The Morgan fingerprint density at radius 2 is 1.96 bits per heavy atom. The van der Waals surface area contributed by atoms with Crippen molar-refractivity contribution in [2.45, 2.75) is 20.0 Å². The Kier molecular flexibility index (Phi) is 5.98. The Morgan fingerprint density at radius 1 is 1.15 bits per heavy atom. The first-order valence-electron chi connectivity index (χ1n) is 8.79. The van der Waals surface area contributed by atoms with Gasteiger partial charge in [-0.25, -0.2) is 4.98 Å². The van der Waals surface area contributed by atoms with Gasteiger partial charge in [0.2, 0.25) is 0 Å². The van der Waals surface area contributed by atoms with Gasteiger partial charge in [-0.1, -0.05) is 11.6 Å². The number of quaternary nitrogens is 1. The van der Waals surface area contributed by atoms with Crippen LogP contribution < -0.4 is 19.9 Å². The standard InChI is InChI=1S/C20H22ClN3O3/c1-4-27-17-8-5-13(9-18(17)26-3)11-24(2)12-19-22-16-10-14(21)6-7-15(16)20(25)23-19/h5-10H,4,11-12H2,1-3H3,(H,22,23,25)/p+1. The summed E-state index contributed by atoms with van der Waals surface area (Å²) < 4.78 is 11.0. The number of ether oxygens (including phenoxy) is 2. The molecule has 0 fully saturated rings. The first-order chi connectivity index (χ1) is 13.0. The number of hydrogen-bond donors (Lipinski definition) is 2. The van der Waals surface area contributed by atoms with E-state index in [9.17, 15) is 4.79 Å². The summed E-state index contributed by atoms with van der Waals surface area (Å²) in [5, 5.41) is 1.10. The smallest absolute Gasteiger partial charge is 0.258 e. The van der Waals surface area contributed by atoms with Gasteiger partial charge in [-0.2, -0.15) is 0 Å². The predicted molar refractivity (Wildman–Crippen MR) is 106 cm³/mol. The topological polar surface area (TPSA) is 68.7 Å². The van der Waals surface area contributed by atoms with Crippen LogP contribution in [0.1, 0.15) is 18.3 Å². The molecule has 3 rings (SSSR count). The van der Waals surface area contributed by atoms with Crippen molar-refractivity contribution in [1.82, 2.24) is 9.97 Å². The van der Waals surface area contributed by atoms with Crippen molar-refractivity contribution in [2.75, 3.05) is 20.8 Å². The van der Waals surface area contributed by atoms with Crippen molar-refractivity contribution >= 4 is 22.5 Å². The molecule has 0 spiro atoms. The van der Waals surface area contributed by atoms with E-state index in [1.54, 1.807) is 25.3 Å². The molecule has 142 valence electrons. The van der Waals surface area contributed by atoms with Crippen molar-refractivity contribution in [3.63, 3.8) is 0 Å². The molecule has 0 saturated carbocycles. The highest BCUT2D eigenvalue weighted by Gasteiger charge is 2.12. The summed E-state index contributed by atoms with van der Waals surface area (Å²) in [6, 6.07) is 11.0. The van der Waals surface area contributed by atoms with E-state index in [1.165, 1.54) is 4.90 Å². The van der Waals surface area contributed by atoms with Gasteiger partial charge in [0.15, 0.2) is 17.3 Å². The fourth-order valence-electron chi connectivity index (χ4n) is 3.04. The van der Waals surface area contributed by atoms with E-state index in [0.717, 1.165) is 17.9 Å². The number of fused-ring (bicyclic) bond motifs is 1. The summed E-state index contributed by atoms with van der Waals surface area (Å²) in [4.78, 5) is 20.8. The molecular formula is C20H23ClN3O3+. The van der Waals surface area contributed by atoms with Crippen LogP contribution in [0.4, 0.5) is 0 Å². The average molecular weight is 389 g/mol. The van der Waals surface area contributed by atoms with Crippen LogP contribution in [0, 0.1) is 0 Å². The van der Waals surface area contributed by atoms with E-state index < -0.39 is 0 Å². The second kappa shape index (κ2) is 8.41. The second-order valence-corrected chi connectivity index (χ2v) is 6.84. The first kappa shape index (κ1) is 19.2. The molecule has 0 saturated heterocycles. The van der Waals surface area contributed by atoms with Gasteiger partial charge in [0.1, 0.15) is 13.1 Å². The molecule has 27 heavy (non-hydrogen) atoms. The first-order valence-corrected chi connectivity index (χ1v) is 9.17. The van der Waals surface area contributed by atoms with Crippen molar-refractivity contribution in [1.29, 1.82) is 0 Å². The van der Waals surface area contributed by atoms with E-state index in [1.807, 2.05) is 32.2 Å². The molecule has 0 aliphatic heterocycles. The molecule has 1 unspecified atom stereocenters. The lowest BCUT2D eigenvalue weighted by molar-refractivity contribution is -0.908. The van der Waals surface area contributed by atoms with Crippen LogP contribution in [0.2, 0.25) is 5.02 Å². The zero-order valence-electron chi connectivity index (χ0n) is 15.6. The number of rotatable bonds is 7. The number of aromatic nitrogens is 2. The number of H-pyrrole nitrogens is 1. The van der Waals surface area contributed by atoms with Gasteiger partial charge in [-0.3, -0.25) is 4.79 Å². The number of aromatic amines is 1. The highest BCUT2D eigenvalue weighted by Crippen LogP contribution is 2.27. The van der Waals surface area contributed by atoms with Gasteiger partial charge in [-0.05, 0) is 43.3 Å². The number of nitrogens with one attached hydrogen (secondary N) is 2. The zero-order valence-corrected chi connectivity index (χ0v) is 16.4. The van der Waals surface area contributed by atoms with Crippen molar-refractivity contribution in [3.8, 4) is 11.5 Å². The Morgan fingerprint density at radius 3 is 2.70 bits per heavy atom. The van der Waals surface area contributed by atoms with E-state index in [4.69, 9.17) is 21.1 Å². The second-order valence-electron chi connectivity index (χ2n) is 6.40. The number of benzene rings is 2. The molecule has 2 N–H and O–H groups in total. The number of nitrogens with zero attached hydrogens (tertiary/aromatic N) is 1. The lowest BCUT2D eigenvalue weighted by Gasteiger charge is -2.15. The predicted octanol–water partition coefficient (Wildman–Crippen LogP) is 2.20. The summed E-state index contributed by atoms with van der Waals surface area (Å²) in [7, 11) is 3.68. The maximum absolute atomic E-state index is 12.3. The summed E-state index contributed by atoms with van der Waals surface area (Å²) in [6.07, 6.45) is 0. The van der Waals surface area contributed by atoms with Gasteiger partial charge in [0.25, 0.3) is 5.56 Å². The van der Waals surface area contributed by atoms with E-state index in [2.05, 4.69) is 9.97 Å². The van der Waals surface area contributed by atoms with E-state index in [0.29, 0.717) is 40.7 Å². The van der Waals surface area contributed by atoms with Gasteiger partial charge in [0.05, 0.1) is 31.7 Å². The summed E-state index contributed by atoms with van der Waals surface area (Å²) in [6.45, 7) is 3.86. The lowest BCUT2D eigenvalue weighted by atomic mass is 10.2. The molecule has 2 aromatic carbocycles. The fraction of sp³-hybridized carbons (Fsp3) is 0.300. The SMILES string of the molecule is CCOc1ccc(C[NH+](C)Cc2nc3cc(Cl)ccc3c(=O)[nH]2)cc1OC. The maximum atomic E-state index is 12.3. The third kappa shape index (κ3) is 4.59. The molecule has 1 aromatic heterocycles. The van der Waals surface area contributed by atoms with Crippen molar-refractivity contribution in [2.24, 2.45) is 0 Å². The van der Waals surface area contributed by atoms with Crippen LogP contribution in [-0.2, 0) is 13.1 Å². The minimum atomic E-state index is -0.151. The van der Waals surface area contributed by atoms with Crippen LogP contribution in [0.25, 0.3) is 10.9 Å². The fourth-order valence-corrected chi connectivity index (χ4v) is 3.20. The molecule has 6 nitrogen and oxygen atoms in total. The third-order valence-electron chi connectivity index (χ3n) is 4.22. The number of hydrogen-bond acceptors (Lipinski definition) is 4. The monoisotopic (exact) mass is 388 g/mol. The zero-order chi connectivity index (χ0) is 19.4. The van der Waals surface area contributed by atoms with Crippen LogP contribution in [0.5, 0.6) is 11.5 Å². The maximum Gasteiger partial charge on any atom is 0.258 e. The van der Waals surface area contributed by atoms with Crippen LogP contribution in [0.3, 0.4) is 0 Å². The van der Waals surface area contributed by atoms with Crippen LogP contribution in [0.15, 0.2) is 41.2 Å². The van der Waals surface area contributed by atoms with Crippen molar-refractivity contribution < 1.29 is 14.4 Å². The summed E-state index contributed by atoms with van der Waals surface area (Å²) >= 11 is 6.02. The number of methoxy groups -OCH3 is 1. The number of halogens is 1. The molecule has 0 aliphatic carbocycles. The summed E-state index contributed by atoms with van der Waals surface area (Å²) in [5.41, 5.74) is 1.57. The molecule has 1 heterocycles. The van der Waals surface area contributed by atoms with Gasteiger partial charge in [0, 0.05) is 10.6 Å². The highest BCUT2D eigenvalue weighted by atomic mass is 35.5. The molecule has 0 bridgehead atoms. The normalized spacial score (nSPS) is 12.1. The third-order valence-corrected chi connectivity index (χ3v) is 4.46. The highest BCUT2D eigenvalue weighted by molar-refractivity contribution is 6.31. The van der Waals surface area contributed by atoms with Gasteiger partial charge >= 0.3 is 0 Å². The molecule has 0 radical (unpaired) electrons. The average Bonchev–Trinajstić information content (AvgIpc) is 2.62.